The number of anilines is 1. The third kappa shape index (κ3) is 3.44. The number of ether oxygens (including phenoxy) is 1. The minimum Gasteiger partial charge on any atom is -0.378 e. The summed E-state index contributed by atoms with van der Waals surface area (Å²) in [6.45, 7) is 1.60. The van der Waals surface area contributed by atoms with Crippen molar-refractivity contribution in [1.82, 2.24) is 4.90 Å². The number of carbonyl (C=O) groups excluding carboxylic acids is 1. The van der Waals surface area contributed by atoms with Gasteiger partial charge in [0.2, 0.25) is 10.0 Å². The molecular formula is C11H14FN3O4S. The molecule has 0 aliphatic carbocycles. The highest BCUT2D eigenvalue weighted by Gasteiger charge is 2.19. The third-order valence-corrected chi connectivity index (χ3v) is 3.72. The van der Waals surface area contributed by atoms with E-state index < -0.39 is 21.9 Å². The Kier molecular flexibility index (Phi) is 4.21. The fourth-order valence-corrected chi connectivity index (χ4v) is 2.28. The minimum absolute atomic E-state index is 0.229. The first-order chi connectivity index (χ1) is 9.38. The Bertz CT molecular complexity index is 614. The van der Waals surface area contributed by atoms with E-state index in [-0.39, 0.29) is 10.6 Å². The summed E-state index contributed by atoms with van der Waals surface area (Å²) < 4.78 is 41.1. The maximum atomic E-state index is 13.6. The molecule has 2 rings (SSSR count). The topological polar surface area (TPSA) is 102 Å². The van der Waals surface area contributed by atoms with Gasteiger partial charge in [0, 0.05) is 13.1 Å². The number of hydrogen-bond acceptors (Lipinski definition) is 4. The predicted molar refractivity (Wildman–Crippen MR) is 69.2 cm³/mol. The van der Waals surface area contributed by atoms with Crippen LogP contribution in [0, 0.1) is 5.82 Å². The van der Waals surface area contributed by atoms with Crippen LogP contribution in [0.25, 0.3) is 0 Å². The molecule has 3 N–H and O–H groups in total. The standard InChI is InChI=1S/C11H14FN3O4S/c12-9-2-1-8(20(13,17)18)7-10(9)14-11(16)15-3-5-19-6-4-15/h1-2,7H,3-6H2,(H,14,16)(H2,13,17,18). The lowest BCUT2D eigenvalue weighted by atomic mass is 10.3. The van der Waals surface area contributed by atoms with Gasteiger partial charge in [-0.1, -0.05) is 0 Å². The number of amides is 2. The molecule has 0 spiro atoms. The average Bonchev–Trinajstić information content (AvgIpc) is 2.41. The second kappa shape index (κ2) is 5.73. The number of nitrogens with zero attached hydrogens (tertiary/aromatic N) is 1. The smallest absolute Gasteiger partial charge is 0.322 e. The van der Waals surface area contributed by atoms with E-state index in [1.165, 1.54) is 4.90 Å². The lowest BCUT2D eigenvalue weighted by Crippen LogP contribution is -2.43. The summed E-state index contributed by atoms with van der Waals surface area (Å²) in [6.07, 6.45) is 0. The second-order valence-corrected chi connectivity index (χ2v) is 5.78. The van der Waals surface area contributed by atoms with Crippen molar-refractivity contribution in [3.8, 4) is 0 Å². The fraction of sp³-hybridized carbons (Fsp3) is 0.364. The number of halogens is 1. The molecule has 9 heteroatoms. The Labute approximate surface area is 115 Å². The lowest BCUT2D eigenvalue weighted by Gasteiger charge is -2.27. The number of urea groups is 1. The van der Waals surface area contributed by atoms with Gasteiger partial charge in [-0.15, -0.1) is 0 Å². The number of sulfonamides is 1. The van der Waals surface area contributed by atoms with E-state index in [4.69, 9.17) is 9.88 Å². The Morgan fingerprint density at radius 1 is 1.35 bits per heavy atom. The monoisotopic (exact) mass is 303 g/mol. The zero-order valence-corrected chi connectivity index (χ0v) is 11.3. The number of morpholine rings is 1. The van der Waals surface area contributed by atoms with Crippen LogP contribution in [0.3, 0.4) is 0 Å². The normalized spacial score (nSPS) is 16.0. The van der Waals surface area contributed by atoms with Crippen molar-refractivity contribution in [1.29, 1.82) is 0 Å². The van der Waals surface area contributed by atoms with Gasteiger partial charge in [0.15, 0.2) is 0 Å². The van der Waals surface area contributed by atoms with Gasteiger partial charge >= 0.3 is 6.03 Å². The molecule has 1 fully saturated rings. The third-order valence-electron chi connectivity index (χ3n) is 2.81. The van der Waals surface area contributed by atoms with Crippen molar-refractivity contribution in [3.63, 3.8) is 0 Å². The van der Waals surface area contributed by atoms with Gasteiger partial charge in [-0.25, -0.2) is 22.7 Å². The summed E-state index contributed by atoms with van der Waals surface area (Å²) in [5, 5.41) is 7.29. The number of carbonyl (C=O) groups is 1. The Balaban J connectivity index is 2.18. The maximum Gasteiger partial charge on any atom is 0.322 e. The molecule has 1 aromatic carbocycles. The van der Waals surface area contributed by atoms with E-state index in [0.717, 1.165) is 18.2 Å². The van der Waals surface area contributed by atoms with E-state index in [0.29, 0.717) is 26.3 Å². The summed E-state index contributed by atoms with van der Waals surface area (Å²) in [6, 6.07) is 2.45. The number of benzene rings is 1. The van der Waals surface area contributed by atoms with Gasteiger partial charge in [0.1, 0.15) is 5.82 Å². The molecule has 1 saturated heterocycles. The van der Waals surface area contributed by atoms with Crippen LogP contribution < -0.4 is 10.5 Å². The number of hydrogen-bond donors (Lipinski definition) is 2. The van der Waals surface area contributed by atoms with Crippen LogP contribution in [0.5, 0.6) is 0 Å². The van der Waals surface area contributed by atoms with Crippen LogP contribution >= 0.6 is 0 Å². The van der Waals surface area contributed by atoms with Crippen LogP contribution in [0.4, 0.5) is 14.9 Å². The van der Waals surface area contributed by atoms with Gasteiger partial charge in [0.05, 0.1) is 23.8 Å². The van der Waals surface area contributed by atoms with Crippen molar-refractivity contribution in [2.24, 2.45) is 5.14 Å². The molecule has 1 heterocycles. The molecule has 0 bridgehead atoms. The molecule has 1 aliphatic heterocycles. The molecule has 0 saturated carbocycles. The molecular weight excluding hydrogens is 289 g/mol. The van der Waals surface area contributed by atoms with Crippen molar-refractivity contribution in [3.05, 3.63) is 24.0 Å². The molecule has 1 aliphatic rings. The molecule has 2 amide bonds. The highest BCUT2D eigenvalue weighted by Crippen LogP contribution is 2.19. The molecule has 0 atom stereocenters. The second-order valence-electron chi connectivity index (χ2n) is 4.22. The molecule has 0 aromatic heterocycles. The number of primary sulfonamides is 1. The highest BCUT2D eigenvalue weighted by molar-refractivity contribution is 7.89. The zero-order chi connectivity index (χ0) is 14.8. The van der Waals surface area contributed by atoms with E-state index >= 15 is 0 Å². The van der Waals surface area contributed by atoms with Crippen LogP contribution in [-0.2, 0) is 14.8 Å². The number of rotatable bonds is 2. The summed E-state index contributed by atoms with van der Waals surface area (Å²) in [4.78, 5) is 13.1. The highest BCUT2D eigenvalue weighted by atomic mass is 32.2. The summed E-state index contributed by atoms with van der Waals surface area (Å²) in [5.74, 6) is -0.737. The van der Waals surface area contributed by atoms with E-state index in [2.05, 4.69) is 5.32 Å². The van der Waals surface area contributed by atoms with Gasteiger partial charge in [0.25, 0.3) is 0 Å². The van der Waals surface area contributed by atoms with Gasteiger partial charge in [-0.3, -0.25) is 0 Å². The molecule has 7 nitrogen and oxygen atoms in total. The molecule has 1 aromatic rings. The molecule has 0 unspecified atom stereocenters. The fourth-order valence-electron chi connectivity index (χ4n) is 1.74. The summed E-state index contributed by atoms with van der Waals surface area (Å²) in [5.41, 5.74) is -0.229. The van der Waals surface area contributed by atoms with Crippen LogP contribution in [0.2, 0.25) is 0 Å². The van der Waals surface area contributed by atoms with Crippen molar-refractivity contribution in [2.75, 3.05) is 31.6 Å². The van der Waals surface area contributed by atoms with E-state index in [1.54, 1.807) is 0 Å². The zero-order valence-electron chi connectivity index (χ0n) is 10.5. The Morgan fingerprint density at radius 2 is 2.00 bits per heavy atom. The predicted octanol–water partition coefficient (Wildman–Crippen LogP) is 0.337. The molecule has 20 heavy (non-hydrogen) atoms. The first-order valence-electron chi connectivity index (χ1n) is 5.84. The SMILES string of the molecule is NS(=O)(=O)c1ccc(F)c(NC(=O)N2CCOCC2)c1. The van der Waals surface area contributed by atoms with Gasteiger partial charge in [-0.2, -0.15) is 0 Å². The maximum absolute atomic E-state index is 13.6. The van der Waals surface area contributed by atoms with Gasteiger partial charge in [-0.05, 0) is 18.2 Å². The van der Waals surface area contributed by atoms with Crippen molar-refractivity contribution in [2.45, 2.75) is 4.90 Å². The lowest BCUT2D eigenvalue weighted by molar-refractivity contribution is 0.0564. The summed E-state index contributed by atoms with van der Waals surface area (Å²) >= 11 is 0. The van der Waals surface area contributed by atoms with Crippen molar-refractivity contribution < 1.29 is 22.3 Å². The van der Waals surface area contributed by atoms with Crippen LogP contribution in [0.1, 0.15) is 0 Å². The quantitative estimate of drug-likeness (QED) is 0.822. The molecule has 110 valence electrons. The Hall–Kier alpha value is -1.71. The van der Waals surface area contributed by atoms with E-state index in [9.17, 15) is 17.6 Å². The van der Waals surface area contributed by atoms with Crippen LogP contribution in [0.15, 0.2) is 23.1 Å². The van der Waals surface area contributed by atoms with E-state index in [1.807, 2.05) is 0 Å². The first-order valence-corrected chi connectivity index (χ1v) is 7.38. The Morgan fingerprint density at radius 3 is 2.60 bits per heavy atom. The van der Waals surface area contributed by atoms with Crippen LogP contribution in [-0.4, -0.2) is 45.7 Å². The average molecular weight is 303 g/mol. The number of nitrogens with two attached hydrogens (primary N) is 1. The van der Waals surface area contributed by atoms with Crippen molar-refractivity contribution >= 4 is 21.7 Å². The minimum atomic E-state index is -3.95. The first kappa shape index (κ1) is 14.7. The summed E-state index contributed by atoms with van der Waals surface area (Å²) in [7, 11) is -3.95. The molecule has 0 radical (unpaired) electrons. The van der Waals surface area contributed by atoms with Gasteiger partial charge < -0.3 is 15.0 Å². The largest absolute Gasteiger partial charge is 0.378 e. The number of nitrogens with one attached hydrogen (secondary N) is 1.